The summed E-state index contributed by atoms with van der Waals surface area (Å²) >= 11 is 14.9. The molecule has 1 aromatic carbocycles. The number of carbonyl (C=O) groups excluding carboxylic acids is 1. The third-order valence-electron chi connectivity index (χ3n) is 2.22. The molecular weight excluding hydrogens is 405 g/mol. The number of esters is 1. The Kier molecular flexibility index (Phi) is 6.93. The van der Waals surface area contributed by atoms with E-state index in [1.165, 1.54) is 12.1 Å². The van der Waals surface area contributed by atoms with Crippen molar-refractivity contribution in [2.45, 2.75) is 18.7 Å². The van der Waals surface area contributed by atoms with E-state index in [1.54, 1.807) is 0 Å². The minimum Gasteiger partial charge on any atom is -0.464 e. The minimum atomic E-state index is -4.01. The summed E-state index contributed by atoms with van der Waals surface area (Å²) in [6.45, 7) is 3.48. The number of nitrogens with one attached hydrogen (secondary N) is 1. The Labute approximate surface area is 142 Å². The Morgan fingerprint density at radius 1 is 1.33 bits per heavy atom. The van der Waals surface area contributed by atoms with Gasteiger partial charge in [0.05, 0.1) is 16.7 Å². The Morgan fingerprint density at radius 3 is 2.33 bits per heavy atom. The predicted molar refractivity (Wildman–Crippen MR) is 85.1 cm³/mol. The van der Waals surface area contributed by atoms with Gasteiger partial charge in [0.15, 0.2) is 0 Å². The van der Waals surface area contributed by atoms with E-state index < -0.39 is 22.5 Å². The SMILES string of the molecule is CC(C)COC(=O)CNS(=O)(=O)c1c(Cl)cc(Br)cc1Cl. The van der Waals surface area contributed by atoms with Crippen molar-refractivity contribution in [3.05, 3.63) is 26.7 Å². The number of benzene rings is 1. The molecule has 1 N–H and O–H groups in total. The quantitative estimate of drug-likeness (QED) is 0.719. The van der Waals surface area contributed by atoms with Crippen LogP contribution in [0, 0.1) is 5.92 Å². The van der Waals surface area contributed by atoms with Crippen molar-refractivity contribution in [3.8, 4) is 0 Å². The van der Waals surface area contributed by atoms with Gasteiger partial charge in [-0.25, -0.2) is 8.42 Å². The standard InChI is InChI=1S/C12H14BrCl2NO4S/c1-7(2)6-20-11(17)5-16-21(18,19)12-9(14)3-8(13)4-10(12)15/h3-4,7,16H,5-6H2,1-2H3. The molecule has 0 fully saturated rings. The van der Waals surface area contributed by atoms with Gasteiger partial charge in [-0.2, -0.15) is 4.72 Å². The molecule has 0 aliphatic heterocycles. The van der Waals surface area contributed by atoms with Gasteiger partial charge in [-0.05, 0) is 18.1 Å². The van der Waals surface area contributed by atoms with Crippen molar-refractivity contribution in [3.63, 3.8) is 0 Å². The lowest BCUT2D eigenvalue weighted by Crippen LogP contribution is -2.31. The monoisotopic (exact) mass is 417 g/mol. The first-order valence-electron chi connectivity index (χ1n) is 5.93. The summed E-state index contributed by atoms with van der Waals surface area (Å²) in [6.07, 6.45) is 0. The largest absolute Gasteiger partial charge is 0.464 e. The normalized spacial score (nSPS) is 11.7. The summed E-state index contributed by atoms with van der Waals surface area (Å²) in [5, 5.41) is -0.0881. The molecule has 5 nitrogen and oxygen atoms in total. The number of carbonyl (C=O) groups is 1. The summed E-state index contributed by atoms with van der Waals surface area (Å²) < 4.78 is 31.8. The van der Waals surface area contributed by atoms with Crippen LogP contribution in [0.5, 0.6) is 0 Å². The summed E-state index contributed by atoms with van der Waals surface area (Å²) in [4.78, 5) is 11.2. The fourth-order valence-corrected chi connectivity index (χ4v) is 4.22. The molecule has 0 radical (unpaired) electrons. The number of ether oxygens (including phenoxy) is 1. The summed E-state index contributed by atoms with van der Waals surface area (Å²) in [6, 6.07) is 2.80. The van der Waals surface area contributed by atoms with E-state index in [9.17, 15) is 13.2 Å². The van der Waals surface area contributed by atoms with Crippen LogP contribution in [0.3, 0.4) is 0 Å². The summed E-state index contributed by atoms with van der Waals surface area (Å²) in [5.41, 5.74) is 0. The number of hydrogen-bond donors (Lipinski definition) is 1. The van der Waals surface area contributed by atoms with Crippen LogP contribution in [0.25, 0.3) is 0 Å². The van der Waals surface area contributed by atoms with Crippen molar-refractivity contribution in [2.24, 2.45) is 5.92 Å². The first-order valence-corrected chi connectivity index (χ1v) is 8.96. The fourth-order valence-electron chi connectivity index (χ4n) is 1.32. The van der Waals surface area contributed by atoms with Gasteiger partial charge in [-0.3, -0.25) is 4.79 Å². The highest BCUT2D eigenvalue weighted by Crippen LogP contribution is 2.32. The zero-order chi connectivity index (χ0) is 16.2. The molecule has 0 saturated carbocycles. The lowest BCUT2D eigenvalue weighted by atomic mass is 10.2. The predicted octanol–water partition coefficient (Wildman–Crippen LogP) is 3.23. The molecule has 21 heavy (non-hydrogen) atoms. The Balaban J connectivity index is 2.82. The third-order valence-corrected chi connectivity index (χ3v) is 5.00. The topological polar surface area (TPSA) is 72.5 Å². The molecule has 1 rings (SSSR count). The highest BCUT2D eigenvalue weighted by molar-refractivity contribution is 9.10. The van der Waals surface area contributed by atoms with Crippen molar-refractivity contribution in [1.82, 2.24) is 4.72 Å². The molecule has 1 aromatic rings. The average molecular weight is 419 g/mol. The molecule has 0 aromatic heterocycles. The number of rotatable bonds is 6. The lowest BCUT2D eigenvalue weighted by molar-refractivity contribution is -0.143. The van der Waals surface area contributed by atoms with Gasteiger partial charge in [0, 0.05) is 4.47 Å². The Bertz CT molecular complexity index is 611. The molecule has 0 saturated heterocycles. The maximum Gasteiger partial charge on any atom is 0.321 e. The van der Waals surface area contributed by atoms with E-state index in [0.717, 1.165) is 0 Å². The van der Waals surface area contributed by atoms with Gasteiger partial charge in [0.2, 0.25) is 10.0 Å². The van der Waals surface area contributed by atoms with Crippen molar-refractivity contribution in [1.29, 1.82) is 0 Å². The Hall–Kier alpha value is -0.340. The molecule has 0 atom stereocenters. The van der Waals surface area contributed by atoms with Gasteiger partial charge < -0.3 is 4.74 Å². The van der Waals surface area contributed by atoms with E-state index in [2.05, 4.69) is 20.7 Å². The molecular formula is C12H14BrCl2NO4S. The number of halogens is 3. The first kappa shape index (κ1) is 18.7. The molecule has 9 heteroatoms. The van der Waals surface area contributed by atoms with E-state index in [0.29, 0.717) is 4.47 Å². The van der Waals surface area contributed by atoms with E-state index in [4.69, 9.17) is 27.9 Å². The highest BCUT2D eigenvalue weighted by Gasteiger charge is 2.23. The van der Waals surface area contributed by atoms with Crippen LogP contribution in [0.4, 0.5) is 0 Å². The first-order chi connectivity index (χ1) is 9.63. The van der Waals surface area contributed by atoms with E-state index in [-0.39, 0.29) is 27.5 Å². The van der Waals surface area contributed by atoms with Crippen LogP contribution in [-0.4, -0.2) is 27.5 Å². The molecule has 0 spiro atoms. The third kappa shape index (κ3) is 5.75. The summed E-state index contributed by atoms with van der Waals surface area (Å²) in [5.74, 6) is -0.502. The number of hydrogen-bond acceptors (Lipinski definition) is 4. The van der Waals surface area contributed by atoms with Gasteiger partial charge in [0.25, 0.3) is 0 Å². The molecule has 0 heterocycles. The van der Waals surface area contributed by atoms with Gasteiger partial charge in [-0.15, -0.1) is 0 Å². The van der Waals surface area contributed by atoms with Crippen LogP contribution >= 0.6 is 39.1 Å². The smallest absolute Gasteiger partial charge is 0.321 e. The second-order valence-corrected chi connectivity index (χ2v) is 8.03. The van der Waals surface area contributed by atoms with Crippen LogP contribution in [-0.2, 0) is 19.6 Å². The Morgan fingerprint density at radius 2 is 1.86 bits per heavy atom. The van der Waals surface area contributed by atoms with Crippen molar-refractivity contribution >= 4 is 55.1 Å². The van der Waals surface area contributed by atoms with Crippen LogP contribution < -0.4 is 4.72 Å². The molecule has 118 valence electrons. The van der Waals surface area contributed by atoms with Gasteiger partial charge in [0.1, 0.15) is 11.4 Å². The fraction of sp³-hybridized carbons (Fsp3) is 0.417. The van der Waals surface area contributed by atoms with E-state index >= 15 is 0 Å². The van der Waals surface area contributed by atoms with Gasteiger partial charge >= 0.3 is 5.97 Å². The molecule has 0 bridgehead atoms. The van der Waals surface area contributed by atoms with Crippen molar-refractivity contribution in [2.75, 3.05) is 13.2 Å². The molecule has 0 unspecified atom stereocenters. The van der Waals surface area contributed by atoms with E-state index in [1.807, 2.05) is 13.8 Å². The molecule has 0 amide bonds. The van der Waals surface area contributed by atoms with Crippen LogP contribution in [0.15, 0.2) is 21.5 Å². The molecule has 0 aliphatic carbocycles. The average Bonchev–Trinajstić information content (AvgIpc) is 2.32. The maximum atomic E-state index is 12.1. The van der Waals surface area contributed by atoms with Crippen LogP contribution in [0.1, 0.15) is 13.8 Å². The maximum absolute atomic E-state index is 12.1. The zero-order valence-corrected chi connectivity index (χ0v) is 15.2. The number of sulfonamides is 1. The highest BCUT2D eigenvalue weighted by atomic mass is 79.9. The lowest BCUT2D eigenvalue weighted by Gasteiger charge is -2.11. The van der Waals surface area contributed by atoms with Gasteiger partial charge in [-0.1, -0.05) is 53.0 Å². The summed E-state index contributed by atoms with van der Waals surface area (Å²) in [7, 11) is -4.01. The van der Waals surface area contributed by atoms with Crippen LogP contribution in [0.2, 0.25) is 10.0 Å². The second kappa shape index (κ2) is 7.78. The minimum absolute atomic E-state index is 0.0441. The second-order valence-electron chi connectivity index (χ2n) is 4.60. The zero-order valence-electron chi connectivity index (χ0n) is 11.3. The van der Waals surface area contributed by atoms with Crippen molar-refractivity contribution < 1.29 is 17.9 Å². The molecule has 0 aliphatic rings.